The molecule has 8 heterocycles. The lowest BCUT2D eigenvalue weighted by Gasteiger charge is -2.35. The molecule has 4 saturated heterocycles. The minimum Gasteiger partial charge on any atom is -0.508 e. The third-order valence-electron chi connectivity index (χ3n) is 29.3. The van der Waals surface area contributed by atoms with Crippen LogP contribution in [0.4, 0.5) is 22.2 Å². The number of likely N-dealkylation sites (N-methyl/N-ethyl adjacent to an activating group) is 4. The number of aromatic amines is 1. The highest BCUT2D eigenvalue weighted by molar-refractivity contribution is 7.10. The molecule has 4 aliphatic heterocycles. The third kappa shape index (κ3) is 28.2. The molecule has 4 saturated carbocycles. The highest BCUT2D eigenvalue weighted by Gasteiger charge is 2.47. The molecule has 0 bridgehead atoms. The number of aromatic hydroxyl groups is 1. The summed E-state index contributed by atoms with van der Waals surface area (Å²) in [4.78, 5) is 166. The molecule has 0 spiro atoms. The first-order chi connectivity index (χ1) is 69.1. The monoisotopic (exact) mass is 2000 g/mol. The van der Waals surface area contributed by atoms with E-state index in [4.69, 9.17) is 11.6 Å². The number of H-pyrrole nitrogens is 1. The van der Waals surface area contributed by atoms with Crippen LogP contribution in [0.3, 0.4) is 0 Å². The van der Waals surface area contributed by atoms with Crippen molar-refractivity contribution in [1.29, 1.82) is 0 Å². The predicted octanol–water partition coefficient (Wildman–Crippen LogP) is 11.0. The van der Waals surface area contributed by atoms with Crippen LogP contribution in [0.25, 0.3) is 39.5 Å². The van der Waals surface area contributed by atoms with Gasteiger partial charge in [-0.05, 0) is 207 Å². The quantitative estimate of drug-likeness (QED) is 0.0186. The van der Waals surface area contributed by atoms with Crippen molar-refractivity contribution < 1.29 is 62.6 Å². The molecular weight excluding hydrogens is 1860 g/mol. The average Bonchev–Trinajstić information content (AvgIpc) is 1.68. The van der Waals surface area contributed by atoms with Gasteiger partial charge in [0.15, 0.2) is 0 Å². The van der Waals surface area contributed by atoms with Crippen molar-refractivity contribution in [3.8, 4) is 45.2 Å². The molecule has 0 unspecified atom stereocenters. The molecule has 8 aromatic rings. The number of benzene rings is 4. The molecule has 37 nitrogen and oxygen atoms in total. The molecule has 4 aromatic carbocycles. The first kappa shape index (κ1) is 108. The number of aryl methyl sites for hydroxylation is 1. The summed E-state index contributed by atoms with van der Waals surface area (Å²) in [6.07, 6.45) is 30.3. The molecule has 39 heteroatoms. The van der Waals surface area contributed by atoms with Gasteiger partial charge in [-0.2, -0.15) is 15.3 Å². The number of carbonyl (C=O) groups excluding carboxylic acids is 12. The average molecular weight is 2000 g/mol. The summed E-state index contributed by atoms with van der Waals surface area (Å²) in [5.74, 6) is -1.60. The Morgan fingerprint density at radius 3 is 1.19 bits per heavy atom. The van der Waals surface area contributed by atoms with Crippen LogP contribution in [0.15, 0.2) is 134 Å². The summed E-state index contributed by atoms with van der Waals surface area (Å²) in [5.41, 5.74) is 6.34. The lowest BCUT2D eigenvalue weighted by atomic mass is 9.83. The van der Waals surface area contributed by atoms with Gasteiger partial charge in [0.25, 0.3) is 0 Å². The van der Waals surface area contributed by atoms with Crippen molar-refractivity contribution >= 4 is 116 Å². The van der Waals surface area contributed by atoms with Gasteiger partial charge in [-0.3, -0.25) is 67.3 Å². The van der Waals surface area contributed by atoms with Crippen LogP contribution in [0.1, 0.15) is 207 Å². The van der Waals surface area contributed by atoms with Gasteiger partial charge in [-0.1, -0.05) is 172 Å². The van der Waals surface area contributed by atoms with Crippen molar-refractivity contribution in [2.75, 3.05) is 75.6 Å². The van der Waals surface area contributed by atoms with Crippen LogP contribution >= 0.6 is 23.1 Å². The van der Waals surface area contributed by atoms with E-state index in [1.165, 1.54) is 4.68 Å². The number of rotatable bonds is 32. The summed E-state index contributed by atoms with van der Waals surface area (Å²) < 4.78 is 7.21. The van der Waals surface area contributed by atoms with Gasteiger partial charge in [0.05, 0.1) is 59.3 Å². The van der Waals surface area contributed by atoms with Crippen LogP contribution in [-0.2, 0) is 64.6 Å². The molecule has 770 valence electrons. The first-order valence-electron chi connectivity index (χ1n) is 51.1. The second kappa shape index (κ2) is 52.8. The van der Waals surface area contributed by atoms with E-state index in [0.717, 1.165) is 182 Å². The normalized spacial score (nSPS) is 20.1. The van der Waals surface area contributed by atoms with E-state index in [2.05, 4.69) is 93.8 Å². The number of aromatic nitrogens is 8. The number of nitrogens with one attached hydrogen (secondary N) is 13. The largest absolute Gasteiger partial charge is 0.508 e. The fourth-order valence-corrected chi connectivity index (χ4v) is 21.5. The van der Waals surface area contributed by atoms with Gasteiger partial charge in [-0.15, -0.1) is 5.10 Å². The Morgan fingerprint density at radius 2 is 0.790 bits per heavy atom. The summed E-state index contributed by atoms with van der Waals surface area (Å²) in [6.45, 7) is 9.07. The third-order valence-corrected chi connectivity index (χ3v) is 30.2. The number of anilines is 4. The predicted molar refractivity (Wildman–Crippen MR) is 550 cm³/mol. The Bertz CT molecular complexity index is 5430. The minimum absolute atomic E-state index is 0.0655. The SMILES string of the molecule is CN[C@@H](C)C(=O)N[C@H](C(=O)N1CCC[C@H]1C(=O)Nc1ccnn1-c1cccc(O)c1)C1CCCCC1.CN[C@@H](C)C(=O)N[C@H](C(=O)N1CCC[C@H]1C(=O)Nc1cn(C)nc1-c1ccccc1)C1CCCCC1.CN[C@@H](C)C(=O)N[C@H](C(=O)N1CCC[C@H]1C(=O)Nc1cn[nH]c1-c1ccccc1)C1CCCCC1.CN[C@@H](C)C(=O)N[C@H](C(=O)N1CCC[C@H]1C(=O)Nc1snnc1-c1cccc(Cl)c1)C1CCCCC1. The van der Waals surface area contributed by atoms with Crippen molar-refractivity contribution in [1.82, 2.24) is 101 Å². The molecule has 12 atom stereocenters. The first-order valence-corrected chi connectivity index (χ1v) is 52.3. The van der Waals surface area contributed by atoms with E-state index >= 15 is 0 Å². The lowest BCUT2D eigenvalue weighted by Crippen LogP contribution is -2.57. The Kier molecular flexibility index (Phi) is 39.8. The van der Waals surface area contributed by atoms with Crippen molar-refractivity contribution in [3.63, 3.8) is 0 Å². The van der Waals surface area contributed by atoms with Gasteiger partial charge in [-0.25, -0.2) is 4.68 Å². The highest BCUT2D eigenvalue weighted by Crippen LogP contribution is 2.39. The van der Waals surface area contributed by atoms with Crippen LogP contribution in [-0.4, -0.2) is 262 Å². The van der Waals surface area contributed by atoms with Crippen molar-refractivity contribution in [2.45, 2.75) is 280 Å². The number of amides is 12. The van der Waals surface area contributed by atoms with Gasteiger partial charge in [0.1, 0.15) is 76.3 Å². The Balaban J connectivity index is 0.000000160. The number of likely N-dealkylation sites (tertiary alicyclic amines) is 4. The van der Waals surface area contributed by atoms with Crippen molar-refractivity contribution in [2.24, 2.45) is 30.7 Å². The number of hydrogen-bond donors (Lipinski definition) is 14. The Hall–Kier alpha value is -12.4. The van der Waals surface area contributed by atoms with E-state index in [9.17, 15) is 62.6 Å². The second-order valence-electron chi connectivity index (χ2n) is 38.9. The molecule has 12 amide bonds. The number of hydrogen-bond acceptors (Lipinski definition) is 23. The number of halogens is 1. The van der Waals surface area contributed by atoms with E-state index in [-0.39, 0.29) is 100 Å². The molecule has 143 heavy (non-hydrogen) atoms. The zero-order chi connectivity index (χ0) is 102. The van der Waals surface area contributed by atoms with Gasteiger partial charge in [0.2, 0.25) is 70.9 Å². The lowest BCUT2D eigenvalue weighted by molar-refractivity contribution is -0.142. The molecule has 4 aliphatic carbocycles. The summed E-state index contributed by atoms with van der Waals surface area (Å²) >= 11 is 7.21. The van der Waals surface area contributed by atoms with E-state index in [1.807, 2.05) is 79.8 Å². The number of nitrogens with zero attached hydrogens (tertiary/aromatic N) is 11. The zero-order valence-corrected chi connectivity index (χ0v) is 85.2. The van der Waals surface area contributed by atoms with Crippen molar-refractivity contribution in [3.05, 3.63) is 139 Å². The molecule has 14 N–H and O–H groups in total. The highest BCUT2D eigenvalue weighted by atomic mass is 35.5. The van der Waals surface area contributed by atoms with E-state index < -0.39 is 72.5 Å². The Labute approximate surface area is 845 Å². The van der Waals surface area contributed by atoms with Crippen LogP contribution in [0.2, 0.25) is 5.02 Å². The van der Waals surface area contributed by atoms with E-state index in [0.29, 0.717) is 103 Å². The van der Waals surface area contributed by atoms with Gasteiger partial charge >= 0.3 is 0 Å². The number of carbonyl (C=O) groups is 12. The summed E-state index contributed by atoms with van der Waals surface area (Å²) in [7, 11) is 8.70. The Morgan fingerprint density at radius 1 is 0.413 bits per heavy atom. The standard InChI is InChI=1S/C27H38N6O3.C26H36N6O4.C26H36N6O3.C25H33ClN6O3S/c1-18(28-2)25(34)30-24(20-13-8-5-9-14-20)27(36)33-16-10-15-22(33)26(35)29-21-17-32(3)31-23(21)19-11-6-4-7-12-19;1-17(27-2)24(34)30-23(18-8-4-3-5-9-18)26(36)31-15-7-12-21(31)25(35)29-22-13-14-28-32(22)19-10-6-11-20(33)16-19;1-17(27-2)24(33)30-23(19-12-7-4-8-13-19)26(35)32-15-9-14-21(32)25(34)29-20-16-28-31-22(20)18-10-5-3-6-11-18;1-15(27-2)22(33)28-21(16-8-4-3-5-9-16)25(35)32-13-7-12-19(32)23(34)29-24-20(30-31-36-24)17-10-6-11-18(26)14-17/h4,6-7,11-12,17-18,20,22,24,28H,5,8-10,13-16H2,1-3H3,(H,29,35)(H,30,34);6,10-11,13-14,16-18,21,23,27,33H,3-5,7-9,12,15H2,1-2H3,(H,29,35)(H,30,34);3,5-6,10-11,16-17,19,21,23,27H,4,7-9,12-15H2,1-2H3,(H,28,31)(H,29,34)(H,30,33);6,10-11,14-16,19,21,27H,3-5,7-9,12-13H2,1-2H3,(H,28,33)(H,29,34)/t18-,22-,24-;2*17-,21-,23-;15-,19-,21-/m0000/s1. The summed E-state index contributed by atoms with van der Waals surface area (Å²) in [5, 5.41) is 66.6. The van der Waals surface area contributed by atoms with Gasteiger partial charge in [0, 0.05) is 84.8 Å². The molecule has 16 rings (SSSR count). The van der Waals surface area contributed by atoms with Crippen LogP contribution in [0.5, 0.6) is 5.75 Å². The maximum absolute atomic E-state index is 13.8. The molecule has 4 aromatic heterocycles. The van der Waals surface area contributed by atoms with Crippen LogP contribution < -0.4 is 63.8 Å². The maximum atomic E-state index is 13.8. The fraction of sp³-hybridized carbons (Fsp3) is 0.548. The smallest absolute Gasteiger partial charge is 0.248 e. The second-order valence-corrected chi connectivity index (χ2v) is 40.0. The number of phenols is 1. The zero-order valence-electron chi connectivity index (χ0n) is 83.6. The minimum atomic E-state index is -0.639. The molecule has 0 radical (unpaired) electrons. The molecular formula is C104H143ClN24O13S. The fourth-order valence-electron chi connectivity index (χ4n) is 20.7. The van der Waals surface area contributed by atoms with Gasteiger partial charge < -0.3 is 88.5 Å². The molecule has 8 fully saturated rings. The maximum Gasteiger partial charge on any atom is 0.248 e. The number of phenolic OH excluding ortho intramolecular Hbond substituents is 1. The van der Waals surface area contributed by atoms with E-state index in [1.54, 1.807) is 141 Å². The van der Waals surface area contributed by atoms with Crippen LogP contribution in [0, 0.1) is 23.7 Å². The molecule has 8 aliphatic rings. The topological polar surface area (TPSA) is 472 Å². The summed E-state index contributed by atoms with van der Waals surface area (Å²) in [6, 6.07) is 28.3.